The minimum absolute atomic E-state index is 0.0439. The molecule has 5 aliphatic carbocycles. The van der Waals surface area contributed by atoms with Gasteiger partial charge < -0.3 is 15.2 Å². The highest BCUT2D eigenvalue weighted by atomic mass is 16.5. The molecule has 2 aromatic rings. The second-order valence-corrected chi connectivity index (χ2v) is 10.8. The van der Waals surface area contributed by atoms with E-state index in [9.17, 15) is 14.7 Å². The summed E-state index contributed by atoms with van der Waals surface area (Å²) < 4.78 is 7.14. The number of nitrogens with one attached hydrogen (secondary N) is 1. The summed E-state index contributed by atoms with van der Waals surface area (Å²) in [5.41, 5.74) is 3.90. The van der Waals surface area contributed by atoms with Gasteiger partial charge in [-0.25, -0.2) is 0 Å². The number of carbonyl (C=O) groups excluding carboxylic acids is 2. The van der Waals surface area contributed by atoms with Crippen molar-refractivity contribution in [1.82, 2.24) is 20.1 Å². The molecule has 2 N–H and O–H groups in total. The van der Waals surface area contributed by atoms with Crippen molar-refractivity contribution < 1.29 is 19.4 Å². The van der Waals surface area contributed by atoms with Gasteiger partial charge in [0, 0.05) is 43.8 Å². The fourth-order valence-electron chi connectivity index (χ4n) is 7.58. The van der Waals surface area contributed by atoms with Crippen LogP contribution >= 0.6 is 0 Å². The highest BCUT2D eigenvalue weighted by Crippen LogP contribution is 2.63. The Morgan fingerprint density at radius 3 is 2.79 bits per heavy atom. The SMILES string of the molecule is COCCNC(=O)C(=O)Cc1nn(C2C3CC4CC2CC(CO)(C4)C3)c2c3c(ncc12)CC=C3. The van der Waals surface area contributed by atoms with Crippen molar-refractivity contribution in [2.45, 2.75) is 51.0 Å². The van der Waals surface area contributed by atoms with Gasteiger partial charge in [0.1, 0.15) is 0 Å². The van der Waals surface area contributed by atoms with Gasteiger partial charge in [-0.2, -0.15) is 5.10 Å². The van der Waals surface area contributed by atoms with E-state index in [0.717, 1.165) is 47.8 Å². The second-order valence-electron chi connectivity index (χ2n) is 10.8. The minimum Gasteiger partial charge on any atom is -0.396 e. The number of amides is 1. The summed E-state index contributed by atoms with van der Waals surface area (Å²) in [4.78, 5) is 29.7. The predicted molar refractivity (Wildman–Crippen MR) is 126 cm³/mol. The number of Topliss-reactive ketones (excluding diaryl/α,β-unsaturated/α-hetero) is 1. The van der Waals surface area contributed by atoms with Crippen LogP contribution in [0.4, 0.5) is 0 Å². The van der Waals surface area contributed by atoms with Gasteiger partial charge in [0.25, 0.3) is 5.91 Å². The van der Waals surface area contributed by atoms with Crippen molar-refractivity contribution in [3.05, 3.63) is 29.2 Å². The quantitative estimate of drug-likeness (QED) is 0.458. The maximum atomic E-state index is 12.7. The molecule has 180 valence electrons. The van der Waals surface area contributed by atoms with Crippen LogP contribution in [0.2, 0.25) is 0 Å². The van der Waals surface area contributed by atoms with Crippen LogP contribution in [-0.2, 0) is 27.2 Å². The van der Waals surface area contributed by atoms with E-state index in [1.54, 1.807) is 7.11 Å². The number of methoxy groups -OCH3 is 1. The highest BCUT2D eigenvalue weighted by molar-refractivity contribution is 6.36. The van der Waals surface area contributed by atoms with Gasteiger partial charge in [-0.15, -0.1) is 0 Å². The summed E-state index contributed by atoms with van der Waals surface area (Å²) in [6.07, 6.45) is 12.5. The van der Waals surface area contributed by atoms with E-state index in [2.05, 4.69) is 27.1 Å². The Labute approximate surface area is 198 Å². The average molecular weight is 465 g/mol. The number of rotatable bonds is 8. The van der Waals surface area contributed by atoms with E-state index in [-0.39, 0.29) is 24.5 Å². The summed E-state index contributed by atoms with van der Waals surface area (Å²) >= 11 is 0. The first-order valence-electron chi connectivity index (χ1n) is 12.5. The number of nitrogens with zero attached hydrogens (tertiary/aromatic N) is 3. The lowest BCUT2D eigenvalue weighted by Gasteiger charge is -2.59. The Balaban J connectivity index is 1.38. The topological polar surface area (TPSA) is 106 Å². The first kappa shape index (κ1) is 21.9. The van der Waals surface area contributed by atoms with Crippen molar-refractivity contribution in [2.75, 3.05) is 26.9 Å². The molecule has 0 aliphatic heterocycles. The molecule has 0 spiro atoms. The predicted octanol–water partition coefficient (Wildman–Crippen LogP) is 2.23. The minimum atomic E-state index is -0.603. The smallest absolute Gasteiger partial charge is 0.287 e. The van der Waals surface area contributed by atoms with Crippen LogP contribution < -0.4 is 5.32 Å². The number of fused-ring (bicyclic) bond motifs is 3. The molecule has 8 heteroatoms. The first-order chi connectivity index (χ1) is 16.5. The van der Waals surface area contributed by atoms with Crippen molar-refractivity contribution in [3.8, 4) is 0 Å². The zero-order chi connectivity index (χ0) is 23.4. The van der Waals surface area contributed by atoms with Gasteiger partial charge >= 0.3 is 0 Å². The third-order valence-corrected chi connectivity index (χ3v) is 8.68. The van der Waals surface area contributed by atoms with Gasteiger partial charge in [-0.05, 0) is 55.3 Å². The number of aromatic nitrogens is 3. The van der Waals surface area contributed by atoms with Gasteiger partial charge in [0.2, 0.25) is 5.78 Å². The molecule has 0 radical (unpaired) electrons. The Morgan fingerprint density at radius 1 is 1.26 bits per heavy atom. The largest absolute Gasteiger partial charge is 0.396 e. The number of aliphatic hydroxyl groups excluding tert-OH is 1. The number of hydrogen-bond acceptors (Lipinski definition) is 6. The number of carbonyl (C=O) groups is 2. The van der Waals surface area contributed by atoms with Crippen LogP contribution in [0, 0.1) is 23.2 Å². The molecule has 2 aromatic heterocycles. The molecule has 4 fully saturated rings. The van der Waals surface area contributed by atoms with E-state index in [1.165, 1.54) is 12.8 Å². The number of aliphatic hydroxyl groups is 1. The Hall–Kier alpha value is -2.58. The van der Waals surface area contributed by atoms with Crippen LogP contribution in [0.25, 0.3) is 17.0 Å². The lowest BCUT2D eigenvalue weighted by Crippen LogP contribution is -2.53. The molecule has 0 saturated heterocycles. The molecule has 7 rings (SSSR count). The van der Waals surface area contributed by atoms with E-state index in [0.29, 0.717) is 36.6 Å². The molecule has 0 aromatic carbocycles. The van der Waals surface area contributed by atoms with E-state index in [1.807, 2.05) is 6.20 Å². The maximum Gasteiger partial charge on any atom is 0.287 e. The molecule has 1 amide bonds. The summed E-state index contributed by atoms with van der Waals surface area (Å²) in [6, 6.07) is 0.263. The molecule has 8 nitrogen and oxygen atoms in total. The van der Waals surface area contributed by atoms with Crippen molar-refractivity contribution >= 4 is 28.7 Å². The number of pyridine rings is 1. The zero-order valence-electron chi connectivity index (χ0n) is 19.6. The summed E-state index contributed by atoms with van der Waals surface area (Å²) in [5.74, 6) is 0.566. The molecular weight excluding hydrogens is 432 g/mol. The van der Waals surface area contributed by atoms with Crippen LogP contribution in [0.5, 0.6) is 0 Å². The molecule has 2 heterocycles. The summed E-state index contributed by atoms with van der Waals surface area (Å²) in [6.45, 7) is 0.943. The molecule has 2 atom stereocenters. The van der Waals surface area contributed by atoms with Crippen LogP contribution in [0.15, 0.2) is 12.3 Å². The number of hydrogen-bond donors (Lipinski definition) is 2. The van der Waals surface area contributed by atoms with Gasteiger partial charge in [-0.3, -0.25) is 19.3 Å². The van der Waals surface area contributed by atoms with Crippen molar-refractivity contribution in [2.24, 2.45) is 23.2 Å². The van der Waals surface area contributed by atoms with E-state index >= 15 is 0 Å². The summed E-state index contributed by atoms with van der Waals surface area (Å²) in [7, 11) is 1.55. The molecule has 5 aliphatic rings. The fraction of sp³-hybridized carbons (Fsp3) is 0.615. The normalized spacial score (nSPS) is 30.8. The highest BCUT2D eigenvalue weighted by Gasteiger charge is 2.56. The Bertz CT molecular complexity index is 1170. The third kappa shape index (κ3) is 3.41. The van der Waals surface area contributed by atoms with E-state index < -0.39 is 11.7 Å². The van der Waals surface area contributed by atoms with Crippen LogP contribution in [0.3, 0.4) is 0 Å². The zero-order valence-corrected chi connectivity index (χ0v) is 19.6. The lowest BCUT2D eigenvalue weighted by molar-refractivity contribution is -0.137. The Kier molecular flexibility index (Phi) is 5.33. The van der Waals surface area contributed by atoms with Crippen molar-refractivity contribution in [1.29, 1.82) is 0 Å². The Morgan fingerprint density at radius 2 is 2.06 bits per heavy atom. The van der Waals surface area contributed by atoms with Gasteiger partial charge in [0.05, 0.1) is 36.0 Å². The monoisotopic (exact) mass is 464 g/mol. The van der Waals surface area contributed by atoms with Crippen LogP contribution in [-0.4, -0.2) is 58.4 Å². The summed E-state index contributed by atoms with van der Waals surface area (Å²) in [5, 5.41) is 18.7. The number of ether oxygens (including phenoxy) is 1. The third-order valence-electron chi connectivity index (χ3n) is 8.68. The lowest BCUT2D eigenvalue weighted by atomic mass is 9.48. The van der Waals surface area contributed by atoms with Gasteiger partial charge in [0.15, 0.2) is 0 Å². The fourth-order valence-corrected chi connectivity index (χ4v) is 7.58. The van der Waals surface area contributed by atoms with Gasteiger partial charge in [-0.1, -0.05) is 12.2 Å². The van der Waals surface area contributed by atoms with E-state index in [4.69, 9.17) is 9.84 Å². The van der Waals surface area contributed by atoms with Crippen molar-refractivity contribution in [3.63, 3.8) is 0 Å². The van der Waals surface area contributed by atoms with Crippen LogP contribution in [0.1, 0.15) is 55.1 Å². The molecule has 2 unspecified atom stereocenters. The molecule has 34 heavy (non-hydrogen) atoms. The molecular formula is C26H32N4O4. The number of ketones is 1. The maximum absolute atomic E-state index is 12.7. The first-order valence-corrected chi connectivity index (χ1v) is 12.5. The standard InChI is InChI=1S/C26H32N4O4/c1-34-6-5-27-25(33)22(32)9-21-19-13-28-20-4-2-3-18(20)24(19)30(29-21)23-16-7-15-8-17(23)12-26(10-15,11-16)14-31/h2-3,13,15-17,23,31H,4-12,14H2,1H3,(H,27,33). The molecule has 4 bridgehead atoms. The molecule has 4 saturated carbocycles. The second kappa shape index (κ2) is 8.27. The number of allylic oxidation sites excluding steroid dienone is 1. The average Bonchev–Trinajstić information content (AvgIpc) is 3.43.